The third-order valence-electron chi connectivity index (χ3n) is 12.9. The number of rotatable bonds is 6. The van der Waals surface area contributed by atoms with Crippen LogP contribution in [0.2, 0.25) is 0 Å². The first-order valence-electron chi connectivity index (χ1n) is 15.4. The first-order chi connectivity index (χ1) is 17.6. The highest BCUT2D eigenvalue weighted by Crippen LogP contribution is 2.64. The topological polar surface area (TPSA) is 29.5 Å². The van der Waals surface area contributed by atoms with Crippen molar-refractivity contribution < 1.29 is 9.53 Å². The molecule has 0 radical (unpaired) electrons. The number of aliphatic hydroxyl groups is 1. The maximum absolute atomic E-state index is 11.2. The van der Waals surface area contributed by atoms with E-state index in [1.54, 1.807) is 11.1 Å². The molecule has 4 aliphatic carbocycles. The molecule has 2 saturated carbocycles. The molecule has 0 aromatic heterocycles. The maximum atomic E-state index is 11.2. The molecule has 0 amide bonds. The van der Waals surface area contributed by atoms with Crippen molar-refractivity contribution in [3.8, 4) is 11.8 Å². The summed E-state index contributed by atoms with van der Waals surface area (Å²) in [6.45, 7) is 23.4. The Bertz CT molecular complexity index is 1080. The molecule has 38 heavy (non-hydrogen) atoms. The molecule has 0 heterocycles. The molecule has 0 aromatic carbocycles. The van der Waals surface area contributed by atoms with Crippen LogP contribution in [-0.4, -0.2) is 27.3 Å². The van der Waals surface area contributed by atoms with Crippen LogP contribution in [0.15, 0.2) is 34.9 Å². The van der Waals surface area contributed by atoms with Gasteiger partial charge >= 0.3 is 0 Å². The SMILES string of the molecule is CC(C)C(C)(C)C(C)(O[SiH3])C(C)(C)C#CC[C@@H](C)C1=CC[C@H]2C3=CC=C4CCCC(O)[C@]4(C)[C@H]3CC[C@]12C. The van der Waals surface area contributed by atoms with E-state index in [4.69, 9.17) is 4.43 Å². The number of hydrogen-bond acceptors (Lipinski definition) is 2. The first-order valence-corrected chi connectivity index (χ1v) is 16.2. The number of aliphatic hydroxyl groups excluding tert-OH is 1. The second kappa shape index (κ2) is 10.1. The van der Waals surface area contributed by atoms with E-state index in [2.05, 4.69) is 99.3 Å². The maximum Gasteiger partial charge on any atom is 0.146 e. The Kier molecular flexibility index (Phi) is 7.93. The molecule has 2 unspecified atom stereocenters. The molecule has 0 aromatic rings. The fourth-order valence-corrected chi connectivity index (χ4v) is 10.0. The summed E-state index contributed by atoms with van der Waals surface area (Å²) in [4.78, 5) is 0. The molecule has 4 rings (SSSR count). The Labute approximate surface area is 237 Å². The summed E-state index contributed by atoms with van der Waals surface area (Å²) in [6, 6.07) is 0. The zero-order chi connectivity index (χ0) is 28.3. The number of allylic oxidation sites excluding steroid dienone is 5. The lowest BCUT2D eigenvalue weighted by Gasteiger charge is -2.55. The average molecular weight is 537 g/mol. The summed E-state index contributed by atoms with van der Waals surface area (Å²) in [5, 5.41) is 11.2. The van der Waals surface area contributed by atoms with Crippen LogP contribution in [0.1, 0.15) is 114 Å². The number of fused-ring (bicyclic) bond motifs is 5. The van der Waals surface area contributed by atoms with E-state index in [0.29, 0.717) is 34.2 Å². The Balaban J connectivity index is 1.53. The number of hydrogen-bond donors (Lipinski definition) is 1. The van der Waals surface area contributed by atoms with Gasteiger partial charge in [0, 0.05) is 11.8 Å². The first kappa shape index (κ1) is 29.9. The second-order valence-corrected chi connectivity index (χ2v) is 15.6. The van der Waals surface area contributed by atoms with Crippen LogP contribution in [0.5, 0.6) is 0 Å². The second-order valence-electron chi connectivity index (χ2n) is 15.2. The van der Waals surface area contributed by atoms with Gasteiger partial charge in [0.2, 0.25) is 0 Å². The molecule has 0 saturated heterocycles. The molecule has 0 bridgehead atoms. The summed E-state index contributed by atoms with van der Waals surface area (Å²) in [6.07, 6.45) is 14.9. The molecule has 2 fully saturated rings. The van der Waals surface area contributed by atoms with Gasteiger partial charge in [-0.25, -0.2) is 0 Å². The van der Waals surface area contributed by atoms with E-state index in [1.807, 2.05) is 0 Å². The van der Waals surface area contributed by atoms with Crippen LogP contribution < -0.4 is 0 Å². The minimum Gasteiger partial charge on any atom is -0.421 e. The fourth-order valence-electron chi connectivity index (χ4n) is 8.97. The van der Waals surface area contributed by atoms with Crippen molar-refractivity contribution in [2.24, 2.45) is 45.3 Å². The molecule has 212 valence electrons. The Morgan fingerprint density at radius 3 is 2.39 bits per heavy atom. The summed E-state index contributed by atoms with van der Waals surface area (Å²) < 4.78 is 6.37. The fraction of sp³-hybridized carbons (Fsp3) is 0.771. The molecular weight excluding hydrogens is 480 g/mol. The standard InChI is InChI=1S/C35H56O2Si/c1-23(2)32(6,7)35(10,37-38)31(4,5)21-12-13-24(3)27-18-19-28-26-17-16-25-14-11-15-30(36)34(25,9)29(26)20-22-33(27,28)8/h16-18,23-24,28-30,36H,11,13-15,19-20,22H2,1-10,38H3/t24-,28+,29+,30?,33-,34+,35?/m1/s1. The van der Waals surface area contributed by atoms with E-state index in [1.165, 1.54) is 18.4 Å². The lowest BCUT2D eigenvalue weighted by molar-refractivity contribution is -0.108. The predicted molar refractivity (Wildman–Crippen MR) is 165 cm³/mol. The third kappa shape index (κ3) is 4.28. The van der Waals surface area contributed by atoms with Crippen molar-refractivity contribution >= 4 is 10.5 Å². The monoisotopic (exact) mass is 536 g/mol. The summed E-state index contributed by atoms with van der Waals surface area (Å²) >= 11 is 0. The Morgan fingerprint density at radius 2 is 1.76 bits per heavy atom. The van der Waals surface area contributed by atoms with Crippen molar-refractivity contribution in [2.75, 3.05) is 0 Å². The molecular formula is C35H56O2Si. The van der Waals surface area contributed by atoms with Gasteiger partial charge in [-0.15, -0.1) is 5.92 Å². The van der Waals surface area contributed by atoms with Crippen LogP contribution >= 0.6 is 0 Å². The highest BCUT2D eigenvalue weighted by molar-refractivity contribution is 5.98. The van der Waals surface area contributed by atoms with Crippen molar-refractivity contribution in [3.05, 3.63) is 34.9 Å². The van der Waals surface area contributed by atoms with Gasteiger partial charge < -0.3 is 9.53 Å². The van der Waals surface area contributed by atoms with Crippen LogP contribution in [-0.2, 0) is 4.43 Å². The van der Waals surface area contributed by atoms with Gasteiger partial charge in [-0.3, -0.25) is 0 Å². The zero-order valence-corrected chi connectivity index (χ0v) is 28.4. The molecule has 7 atom stereocenters. The van der Waals surface area contributed by atoms with E-state index in [-0.39, 0.29) is 33.4 Å². The smallest absolute Gasteiger partial charge is 0.146 e. The van der Waals surface area contributed by atoms with Gasteiger partial charge in [-0.2, -0.15) is 0 Å². The molecule has 3 heteroatoms. The largest absolute Gasteiger partial charge is 0.421 e. The van der Waals surface area contributed by atoms with Crippen molar-refractivity contribution in [1.29, 1.82) is 0 Å². The minimum absolute atomic E-state index is 0.0243. The van der Waals surface area contributed by atoms with E-state index in [0.717, 1.165) is 32.1 Å². The van der Waals surface area contributed by atoms with Crippen molar-refractivity contribution in [3.63, 3.8) is 0 Å². The molecule has 0 aliphatic heterocycles. The molecule has 0 spiro atoms. The Hall–Kier alpha value is -1.08. The molecule has 1 N–H and O–H groups in total. The van der Waals surface area contributed by atoms with Gasteiger partial charge in [0.1, 0.15) is 10.5 Å². The summed E-state index contributed by atoms with van der Waals surface area (Å²) in [7, 11) is 0.710. The van der Waals surface area contributed by atoms with Crippen molar-refractivity contribution in [2.45, 2.75) is 126 Å². The summed E-state index contributed by atoms with van der Waals surface area (Å²) in [5.41, 5.74) is 4.40. The van der Waals surface area contributed by atoms with E-state index < -0.39 is 0 Å². The average Bonchev–Trinajstić information content (AvgIpc) is 3.21. The van der Waals surface area contributed by atoms with Gasteiger partial charge in [0.05, 0.1) is 17.1 Å². The van der Waals surface area contributed by atoms with Crippen LogP contribution in [0.25, 0.3) is 0 Å². The Morgan fingerprint density at radius 1 is 1.08 bits per heavy atom. The normalized spacial score (nSPS) is 35.6. The highest BCUT2D eigenvalue weighted by Gasteiger charge is 2.56. The van der Waals surface area contributed by atoms with E-state index in [9.17, 15) is 5.11 Å². The zero-order valence-electron chi connectivity index (χ0n) is 26.4. The minimum atomic E-state index is -0.293. The van der Waals surface area contributed by atoms with Crippen LogP contribution in [0.4, 0.5) is 0 Å². The van der Waals surface area contributed by atoms with Crippen molar-refractivity contribution in [1.82, 2.24) is 0 Å². The lowest BCUT2D eigenvalue weighted by Crippen LogP contribution is -2.56. The lowest BCUT2D eigenvalue weighted by atomic mass is 9.49. The quantitative estimate of drug-likeness (QED) is 0.216. The summed E-state index contributed by atoms with van der Waals surface area (Å²) in [5.74, 6) is 9.40. The van der Waals surface area contributed by atoms with E-state index >= 15 is 0 Å². The van der Waals surface area contributed by atoms with Gasteiger partial charge in [0.25, 0.3) is 0 Å². The third-order valence-corrected chi connectivity index (χ3v) is 13.7. The van der Waals surface area contributed by atoms with Gasteiger partial charge in [0.15, 0.2) is 0 Å². The molecule has 2 nitrogen and oxygen atoms in total. The van der Waals surface area contributed by atoms with Crippen LogP contribution in [0.3, 0.4) is 0 Å². The van der Waals surface area contributed by atoms with Gasteiger partial charge in [-0.1, -0.05) is 89.3 Å². The molecule has 4 aliphatic rings. The van der Waals surface area contributed by atoms with Crippen LogP contribution in [0, 0.1) is 57.2 Å². The van der Waals surface area contributed by atoms with Gasteiger partial charge in [-0.05, 0) is 93.8 Å². The highest BCUT2D eigenvalue weighted by atomic mass is 28.2. The predicted octanol–water partition coefficient (Wildman–Crippen LogP) is 7.56.